The molecule has 0 heterocycles. The number of aliphatic hydroxyl groups excluding tert-OH is 1. The average Bonchev–Trinajstić information content (AvgIpc) is 2.86. The van der Waals surface area contributed by atoms with Crippen molar-refractivity contribution in [2.75, 3.05) is 0 Å². The predicted octanol–water partition coefficient (Wildman–Crippen LogP) is 5.45. The van der Waals surface area contributed by atoms with E-state index in [1.54, 1.807) is 0 Å². The van der Waals surface area contributed by atoms with E-state index in [2.05, 4.69) is 12.2 Å². The molecule has 0 fully saturated rings. The lowest BCUT2D eigenvalue weighted by Gasteiger charge is -2.36. The second kappa shape index (κ2) is 12.5. The Bertz CT molecular complexity index is 959. The van der Waals surface area contributed by atoms with Crippen molar-refractivity contribution in [3.05, 3.63) is 120 Å². The van der Waals surface area contributed by atoms with E-state index in [1.165, 1.54) is 0 Å². The van der Waals surface area contributed by atoms with Gasteiger partial charge in [0.15, 0.2) is 0 Å². The molecule has 0 aromatic heterocycles. The number of benzene rings is 3. The first-order valence-corrected chi connectivity index (χ1v) is 11.6. The fraction of sp³-hybridized carbons (Fsp3) is 0.310. The summed E-state index contributed by atoms with van der Waals surface area (Å²) in [5, 5.41) is 11.0. The van der Waals surface area contributed by atoms with Crippen molar-refractivity contribution in [3.8, 4) is 0 Å². The molecule has 1 aliphatic carbocycles. The van der Waals surface area contributed by atoms with Gasteiger partial charge in [-0.1, -0.05) is 103 Å². The molecule has 0 spiro atoms. The zero-order chi connectivity index (χ0) is 22.7. The van der Waals surface area contributed by atoms with Gasteiger partial charge in [0.1, 0.15) is 18.3 Å². The Morgan fingerprint density at radius 1 is 0.606 bits per heavy atom. The van der Waals surface area contributed by atoms with Crippen LogP contribution in [0.2, 0.25) is 0 Å². The Kier molecular flexibility index (Phi) is 8.84. The van der Waals surface area contributed by atoms with Gasteiger partial charge in [-0.05, 0) is 29.5 Å². The van der Waals surface area contributed by atoms with Gasteiger partial charge in [0.2, 0.25) is 0 Å². The summed E-state index contributed by atoms with van der Waals surface area (Å²) in [6.45, 7) is 1.29. The standard InChI is InChI=1S/C29H32O4/c30-26-18-10-11-19-27(31-20-23-12-4-1-5-13-23)29(33-22-25-16-8-3-9-17-25)28(26)32-21-24-14-6-2-7-15-24/h1-9,11-17,19,26-30H,10,18,20-22H2/b19-11-/t26-,27-,28+,29+/m0/s1. The molecular weight excluding hydrogens is 412 g/mol. The van der Waals surface area contributed by atoms with Gasteiger partial charge in [-0.15, -0.1) is 0 Å². The summed E-state index contributed by atoms with van der Waals surface area (Å²) >= 11 is 0. The van der Waals surface area contributed by atoms with E-state index < -0.39 is 18.3 Å². The van der Waals surface area contributed by atoms with E-state index >= 15 is 0 Å². The Balaban J connectivity index is 1.54. The van der Waals surface area contributed by atoms with Crippen LogP contribution in [-0.4, -0.2) is 29.5 Å². The third-order valence-electron chi connectivity index (χ3n) is 5.84. The van der Waals surface area contributed by atoms with Crippen LogP contribution in [0.1, 0.15) is 29.5 Å². The lowest BCUT2D eigenvalue weighted by Crippen LogP contribution is -2.48. The van der Waals surface area contributed by atoms with Crippen LogP contribution >= 0.6 is 0 Å². The molecule has 4 atom stereocenters. The highest BCUT2D eigenvalue weighted by atomic mass is 16.6. The largest absolute Gasteiger partial charge is 0.390 e. The minimum Gasteiger partial charge on any atom is -0.390 e. The lowest BCUT2D eigenvalue weighted by molar-refractivity contribution is -0.171. The molecule has 0 saturated carbocycles. The summed E-state index contributed by atoms with van der Waals surface area (Å²) in [5.74, 6) is 0. The van der Waals surface area contributed by atoms with Crippen molar-refractivity contribution in [2.24, 2.45) is 0 Å². The second-order valence-electron chi connectivity index (χ2n) is 8.36. The summed E-state index contributed by atoms with van der Waals surface area (Å²) in [6.07, 6.45) is 3.56. The zero-order valence-corrected chi connectivity index (χ0v) is 18.8. The topological polar surface area (TPSA) is 47.9 Å². The molecule has 1 aliphatic rings. The molecule has 0 saturated heterocycles. The number of allylic oxidation sites excluding steroid dienone is 1. The highest BCUT2D eigenvalue weighted by Crippen LogP contribution is 2.25. The van der Waals surface area contributed by atoms with Crippen molar-refractivity contribution in [1.82, 2.24) is 0 Å². The first-order chi connectivity index (χ1) is 16.3. The van der Waals surface area contributed by atoms with Crippen molar-refractivity contribution in [2.45, 2.75) is 57.1 Å². The average molecular weight is 445 g/mol. The minimum absolute atomic E-state index is 0.343. The molecule has 0 bridgehead atoms. The van der Waals surface area contributed by atoms with E-state index in [-0.39, 0.29) is 6.10 Å². The molecule has 0 amide bonds. The highest BCUT2D eigenvalue weighted by Gasteiger charge is 2.36. The lowest BCUT2D eigenvalue weighted by atomic mass is 9.95. The summed E-state index contributed by atoms with van der Waals surface area (Å²) < 4.78 is 19.1. The third-order valence-corrected chi connectivity index (χ3v) is 5.84. The van der Waals surface area contributed by atoms with Crippen molar-refractivity contribution >= 4 is 0 Å². The molecule has 4 rings (SSSR count). The van der Waals surface area contributed by atoms with Crippen LogP contribution in [0.4, 0.5) is 0 Å². The predicted molar refractivity (Wildman–Crippen MR) is 129 cm³/mol. The van der Waals surface area contributed by atoms with Crippen LogP contribution in [0.15, 0.2) is 103 Å². The van der Waals surface area contributed by atoms with Gasteiger partial charge >= 0.3 is 0 Å². The molecule has 0 aliphatic heterocycles. The van der Waals surface area contributed by atoms with Crippen LogP contribution in [0, 0.1) is 0 Å². The maximum Gasteiger partial charge on any atom is 0.116 e. The number of aliphatic hydroxyl groups is 1. The zero-order valence-electron chi connectivity index (χ0n) is 18.8. The number of ether oxygens (including phenoxy) is 3. The fourth-order valence-corrected chi connectivity index (χ4v) is 4.02. The molecule has 172 valence electrons. The summed E-state index contributed by atoms with van der Waals surface area (Å²) in [5.41, 5.74) is 3.23. The van der Waals surface area contributed by atoms with Crippen molar-refractivity contribution in [1.29, 1.82) is 0 Å². The summed E-state index contributed by atoms with van der Waals surface area (Å²) in [7, 11) is 0. The van der Waals surface area contributed by atoms with Gasteiger partial charge in [0.05, 0.1) is 25.9 Å². The number of hydrogen-bond donors (Lipinski definition) is 1. The van der Waals surface area contributed by atoms with Gasteiger partial charge in [-0.2, -0.15) is 0 Å². The normalized spacial score (nSPS) is 24.0. The Morgan fingerprint density at radius 2 is 1.06 bits per heavy atom. The molecule has 0 unspecified atom stereocenters. The van der Waals surface area contributed by atoms with Crippen LogP contribution < -0.4 is 0 Å². The smallest absolute Gasteiger partial charge is 0.116 e. The number of hydrogen-bond acceptors (Lipinski definition) is 4. The van der Waals surface area contributed by atoms with Gasteiger partial charge in [-0.25, -0.2) is 0 Å². The second-order valence-corrected chi connectivity index (χ2v) is 8.36. The van der Waals surface area contributed by atoms with E-state index in [4.69, 9.17) is 14.2 Å². The van der Waals surface area contributed by atoms with Gasteiger partial charge in [-0.3, -0.25) is 0 Å². The van der Waals surface area contributed by atoms with Crippen LogP contribution in [0.3, 0.4) is 0 Å². The van der Waals surface area contributed by atoms with Crippen LogP contribution in [0.5, 0.6) is 0 Å². The van der Waals surface area contributed by atoms with Crippen molar-refractivity contribution in [3.63, 3.8) is 0 Å². The maximum absolute atomic E-state index is 11.0. The monoisotopic (exact) mass is 444 g/mol. The Morgan fingerprint density at radius 3 is 1.58 bits per heavy atom. The molecule has 4 heteroatoms. The van der Waals surface area contributed by atoms with Gasteiger partial charge in [0.25, 0.3) is 0 Å². The SMILES string of the molecule is O[C@H]1CC/C=C\[C@H](OCc2ccccc2)[C@@H](OCc2ccccc2)[C@@H]1OCc1ccccc1. The Hall–Kier alpha value is -2.76. The molecule has 3 aromatic carbocycles. The van der Waals surface area contributed by atoms with Crippen LogP contribution in [0.25, 0.3) is 0 Å². The van der Waals surface area contributed by atoms with Gasteiger partial charge in [0, 0.05) is 0 Å². The summed E-state index contributed by atoms with van der Waals surface area (Å²) in [4.78, 5) is 0. The Labute approximate surface area is 196 Å². The molecule has 1 N–H and O–H groups in total. The maximum atomic E-state index is 11.0. The first kappa shape index (κ1) is 23.4. The molecule has 4 nitrogen and oxygen atoms in total. The van der Waals surface area contributed by atoms with Gasteiger partial charge < -0.3 is 19.3 Å². The minimum atomic E-state index is -0.651. The fourth-order valence-electron chi connectivity index (χ4n) is 4.02. The van der Waals surface area contributed by atoms with E-state index in [1.807, 2.05) is 91.0 Å². The molecule has 0 radical (unpaired) electrons. The van der Waals surface area contributed by atoms with E-state index in [0.717, 1.165) is 23.1 Å². The molecule has 33 heavy (non-hydrogen) atoms. The highest BCUT2D eigenvalue weighted by molar-refractivity contribution is 5.16. The number of rotatable bonds is 9. The first-order valence-electron chi connectivity index (χ1n) is 11.6. The van der Waals surface area contributed by atoms with E-state index in [0.29, 0.717) is 26.2 Å². The van der Waals surface area contributed by atoms with Crippen molar-refractivity contribution < 1.29 is 19.3 Å². The summed E-state index contributed by atoms with van der Waals surface area (Å²) in [6, 6.07) is 30.2. The van der Waals surface area contributed by atoms with Crippen LogP contribution in [-0.2, 0) is 34.0 Å². The quantitative estimate of drug-likeness (QED) is 0.446. The third kappa shape index (κ3) is 7.11. The van der Waals surface area contributed by atoms with E-state index in [9.17, 15) is 5.11 Å². The molecular formula is C29H32O4. The molecule has 3 aromatic rings.